The number of pyridine rings is 1. The highest BCUT2D eigenvalue weighted by molar-refractivity contribution is 5.98. The summed E-state index contributed by atoms with van der Waals surface area (Å²) in [4.78, 5) is 10.6. The zero-order valence-electron chi connectivity index (χ0n) is 43.4. The molecule has 0 aliphatic heterocycles. The zero-order valence-corrected chi connectivity index (χ0v) is 41.4. The molecule has 346 valence electrons. The molecule has 69 heavy (non-hydrogen) atoms. The molecule has 2 heterocycles. The standard InChI is InChI=1S/C65H65N3O/c1-63(2,3)52-31-33-60(69)56(42-52)62-67-61-54(24-17-25-59(61)68(62)58-32-26-44(36-43-18-15-16-19-43)37-55(58)46-20-11-9-12-21-46)48-38-49(40-53(39-48)64(4,5)6)57-41-47(34-35-66-57)45-27-29-51(30-28-45)65(7,8)50-22-13-10-14-23-50/h9-14,17,20-35,37-43,69H,15-16,18-19,36H2,1-8H3/i36D2. The van der Waals surface area contributed by atoms with E-state index in [0.717, 1.165) is 92.6 Å². The molecule has 7 aromatic carbocycles. The van der Waals surface area contributed by atoms with Crippen LogP contribution in [-0.4, -0.2) is 19.6 Å². The first kappa shape index (κ1) is 43.3. The lowest BCUT2D eigenvalue weighted by Gasteiger charge is -2.26. The molecule has 0 saturated heterocycles. The van der Waals surface area contributed by atoms with Crippen molar-refractivity contribution in [1.29, 1.82) is 0 Å². The number of phenolic OH excluding ortho intramolecular Hbond substituents is 1. The van der Waals surface area contributed by atoms with Crippen molar-refractivity contribution in [3.63, 3.8) is 0 Å². The highest BCUT2D eigenvalue weighted by atomic mass is 16.3. The topological polar surface area (TPSA) is 50.9 Å². The molecule has 4 nitrogen and oxygen atoms in total. The van der Waals surface area contributed by atoms with Crippen LogP contribution in [0, 0.1) is 5.92 Å². The third kappa shape index (κ3) is 9.18. The van der Waals surface area contributed by atoms with E-state index in [1.165, 1.54) is 16.7 Å². The van der Waals surface area contributed by atoms with E-state index in [9.17, 15) is 7.85 Å². The summed E-state index contributed by atoms with van der Waals surface area (Å²) in [7, 11) is 0. The number of hydrogen-bond acceptors (Lipinski definition) is 3. The van der Waals surface area contributed by atoms with Gasteiger partial charge in [-0.3, -0.25) is 9.55 Å². The lowest BCUT2D eigenvalue weighted by atomic mass is 9.78. The van der Waals surface area contributed by atoms with Crippen molar-refractivity contribution in [2.45, 2.75) is 104 Å². The van der Waals surface area contributed by atoms with Gasteiger partial charge in [-0.2, -0.15) is 0 Å². The van der Waals surface area contributed by atoms with Crippen molar-refractivity contribution >= 4 is 11.0 Å². The van der Waals surface area contributed by atoms with E-state index in [-0.39, 0.29) is 27.9 Å². The van der Waals surface area contributed by atoms with Gasteiger partial charge in [0.2, 0.25) is 0 Å². The van der Waals surface area contributed by atoms with Crippen LogP contribution in [0.5, 0.6) is 5.75 Å². The van der Waals surface area contributed by atoms with Gasteiger partial charge in [-0.1, -0.05) is 196 Å². The molecule has 2 aromatic heterocycles. The Kier molecular flexibility index (Phi) is 11.4. The van der Waals surface area contributed by atoms with E-state index in [0.29, 0.717) is 17.0 Å². The van der Waals surface area contributed by atoms with Gasteiger partial charge in [0.1, 0.15) is 11.6 Å². The van der Waals surface area contributed by atoms with Crippen molar-refractivity contribution < 1.29 is 7.85 Å². The number of aromatic hydroxyl groups is 1. The van der Waals surface area contributed by atoms with Gasteiger partial charge < -0.3 is 5.11 Å². The van der Waals surface area contributed by atoms with E-state index in [4.69, 9.17) is 9.97 Å². The van der Waals surface area contributed by atoms with E-state index in [2.05, 4.69) is 193 Å². The Morgan fingerprint density at radius 2 is 1.20 bits per heavy atom. The van der Waals surface area contributed by atoms with Crippen molar-refractivity contribution in [3.8, 4) is 67.5 Å². The Morgan fingerprint density at radius 1 is 0.536 bits per heavy atom. The van der Waals surface area contributed by atoms with E-state index >= 15 is 0 Å². The van der Waals surface area contributed by atoms with E-state index < -0.39 is 6.37 Å². The molecule has 9 aromatic rings. The first-order valence-electron chi connectivity index (χ1n) is 25.7. The van der Waals surface area contributed by atoms with Crippen molar-refractivity contribution in [3.05, 3.63) is 204 Å². The number of imidazole rings is 1. The number of para-hydroxylation sites is 1. The molecule has 1 aliphatic carbocycles. The van der Waals surface area contributed by atoms with E-state index in [1.54, 1.807) is 6.07 Å². The van der Waals surface area contributed by atoms with Gasteiger partial charge in [0.15, 0.2) is 0 Å². The number of phenols is 1. The predicted molar refractivity (Wildman–Crippen MR) is 289 cm³/mol. The summed E-state index contributed by atoms with van der Waals surface area (Å²) >= 11 is 0. The average molecular weight is 906 g/mol. The number of benzene rings is 7. The first-order valence-corrected chi connectivity index (χ1v) is 24.7. The Bertz CT molecular complexity index is 3390. The van der Waals surface area contributed by atoms with Crippen LogP contribution >= 0.6 is 0 Å². The van der Waals surface area contributed by atoms with E-state index in [1.807, 2.05) is 36.5 Å². The second kappa shape index (κ2) is 18.1. The highest BCUT2D eigenvalue weighted by Gasteiger charge is 2.27. The summed E-state index contributed by atoms with van der Waals surface area (Å²) in [5, 5.41) is 11.9. The summed E-state index contributed by atoms with van der Waals surface area (Å²) in [6.07, 6.45) is 4.32. The summed E-state index contributed by atoms with van der Waals surface area (Å²) in [5.74, 6) is 0.723. The number of aromatic nitrogens is 3. The van der Waals surface area contributed by atoms with Crippen molar-refractivity contribution in [2.75, 3.05) is 0 Å². The molecule has 0 atom stereocenters. The van der Waals surface area contributed by atoms with Crippen LogP contribution in [0.2, 0.25) is 0 Å². The normalized spacial score (nSPS) is 14.3. The Morgan fingerprint density at radius 3 is 1.91 bits per heavy atom. The summed E-state index contributed by atoms with van der Waals surface area (Å²) in [5.41, 5.74) is 16.1. The number of nitrogens with zero attached hydrogens (tertiary/aromatic N) is 3. The molecule has 0 bridgehead atoms. The molecule has 0 amide bonds. The maximum atomic E-state index is 11.9. The SMILES string of the molecule is [2H]C([2H])(c1ccc(-n2c(-c3cc(C(C)(C)C)ccc3O)nc3c(-c4cc(-c5cc(-c6ccc(C(C)(C)c7ccccc7)cc6)ccn5)cc(C(C)(C)C)c4)cccc32)c(-c2ccccc2)c1)C1CCCC1. The van der Waals surface area contributed by atoms with Gasteiger partial charge in [-0.25, -0.2) is 4.98 Å². The second-order valence-corrected chi connectivity index (χ2v) is 21.7. The second-order valence-electron chi connectivity index (χ2n) is 21.7. The van der Waals surface area contributed by atoms with Gasteiger partial charge in [-0.05, 0) is 128 Å². The Hall–Kier alpha value is -7.04. The summed E-state index contributed by atoms with van der Waals surface area (Å²) < 4.78 is 21.1. The number of rotatable bonds is 10. The molecule has 4 heteroatoms. The smallest absolute Gasteiger partial charge is 0.149 e. The largest absolute Gasteiger partial charge is 0.507 e. The van der Waals surface area contributed by atoms with Crippen LogP contribution in [0.25, 0.3) is 72.7 Å². The molecule has 1 N–H and O–H groups in total. The van der Waals surface area contributed by atoms with Gasteiger partial charge in [0, 0.05) is 31.0 Å². The Balaban J connectivity index is 1.15. The lowest BCUT2D eigenvalue weighted by Crippen LogP contribution is -2.18. The molecule has 0 unspecified atom stereocenters. The minimum Gasteiger partial charge on any atom is -0.507 e. The van der Waals surface area contributed by atoms with Crippen LogP contribution in [0.3, 0.4) is 0 Å². The van der Waals surface area contributed by atoms with Crippen molar-refractivity contribution in [2.24, 2.45) is 5.92 Å². The molecular weight excluding hydrogens is 839 g/mol. The van der Waals surface area contributed by atoms with Gasteiger partial charge in [-0.15, -0.1) is 0 Å². The Labute approximate surface area is 412 Å². The van der Waals surface area contributed by atoms with Crippen molar-refractivity contribution in [1.82, 2.24) is 14.5 Å². The van der Waals surface area contributed by atoms with Crippen LogP contribution in [0.1, 0.15) is 112 Å². The fourth-order valence-corrected chi connectivity index (χ4v) is 10.1. The highest BCUT2D eigenvalue weighted by Crippen LogP contribution is 2.44. The number of hydrogen-bond donors (Lipinski definition) is 1. The minimum atomic E-state index is -1.49. The molecule has 1 aliphatic rings. The maximum Gasteiger partial charge on any atom is 0.149 e. The molecule has 0 spiro atoms. The van der Waals surface area contributed by atoms with Gasteiger partial charge >= 0.3 is 0 Å². The zero-order chi connectivity index (χ0) is 49.9. The lowest BCUT2D eigenvalue weighted by molar-refractivity contribution is 0.475. The van der Waals surface area contributed by atoms with Crippen LogP contribution in [-0.2, 0) is 22.6 Å². The van der Waals surface area contributed by atoms with Crippen LogP contribution in [0.4, 0.5) is 0 Å². The third-order valence-corrected chi connectivity index (χ3v) is 14.4. The minimum absolute atomic E-state index is 0.0305. The number of fused-ring (bicyclic) bond motifs is 1. The first-order chi connectivity index (χ1) is 33.9. The molecule has 1 saturated carbocycles. The maximum absolute atomic E-state index is 11.9. The van der Waals surface area contributed by atoms with Gasteiger partial charge in [0.25, 0.3) is 0 Å². The molecular formula is C65H65N3O. The van der Waals surface area contributed by atoms with Crippen LogP contribution in [0.15, 0.2) is 176 Å². The predicted octanol–water partition coefficient (Wildman–Crippen LogP) is 17.1. The molecule has 10 rings (SSSR count). The van der Waals surface area contributed by atoms with Crippen LogP contribution < -0.4 is 0 Å². The molecule has 1 fully saturated rings. The fourth-order valence-electron chi connectivity index (χ4n) is 10.1. The van der Waals surface area contributed by atoms with Gasteiger partial charge in [0.05, 0.1) is 28.0 Å². The average Bonchev–Trinajstić information content (AvgIpc) is 4.06. The quantitative estimate of drug-likeness (QED) is 0.149. The monoisotopic (exact) mass is 906 g/mol. The summed E-state index contributed by atoms with van der Waals surface area (Å²) in [6.45, 7) is 17.9. The fraction of sp³-hybridized carbons (Fsp3) is 0.262. The summed E-state index contributed by atoms with van der Waals surface area (Å²) in [6, 6.07) is 59.4. The third-order valence-electron chi connectivity index (χ3n) is 14.4. The molecule has 0 radical (unpaired) electrons.